The van der Waals surface area contributed by atoms with Gasteiger partial charge >= 0.3 is 5.97 Å². The lowest BCUT2D eigenvalue weighted by Gasteiger charge is -2.17. The summed E-state index contributed by atoms with van der Waals surface area (Å²) in [4.78, 5) is 25.3. The van der Waals surface area contributed by atoms with E-state index in [9.17, 15) is 19.8 Å². The van der Waals surface area contributed by atoms with E-state index in [0.717, 1.165) is 16.8 Å². The lowest BCUT2D eigenvalue weighted by Crippen LogP contribution is -2.23. The van der Waals surface area contributed by atoms with E-state index in [-0.39, 0.29) is 11.7 Å². The Morgan fingerprint density at radius 1 is 1.22 bits per heavy atom. The molecule has 1 aliphatic rings. The number of carboxylic acid groups (broad SMARTS) is 1. The first kappa shape index (κ1) is 15.1. The van der Waals surface area contributed by atoms with Gasteiger partial charge in [0, 0.05) is 11.3 Å². The molecule has 1 atom stereocenters. The van der Waals surface area contributed by atoms with Crippen LogP contribution in [0.2, 0.25) is 0 Å². The van der Waals surface area contributed by atoms with Crippen molar-refractivity contribution in [1.82, 2.24) is 0 Å². The van der Waals surface area contributed by atoms with Crippen molar-refractivity contribution in [3.8, 4) is 5.75 Å². The molecule has 0 aromatic heterocycles. The monoisotopic (exact) mass is 311 g/mol. The summed E-state index contributed by atoms with van der Waals surface area (Å²) in [5, 5.41) is 18.7. The maximum absolute atomic E-state index is 12.4. The number of carboxylic acids is 1. The second kappa shape index (κ2) is 5.76. The Labute approximate surface area is 133 Å². The number of hydrogen-bond donors (Lipinski definition) is 2. The first-order valence-electron chi connectivity index (χ1n) is 7.47. The molecule has 3 rings (SSSR count). The maximum atomic E-state index is 12.4. The molecule has 0 saturated carbocycles. The number of phenolic OH excluding ortho intramolecular Hbond substituents is 1. The maximum Gasteiger partial charge on any atom is 0.310 e. The van der Waals surface area contributed by atoms with Crippen LogP contribution in [0.3, 0.4) is 0 Å². The minimum absolute atomic E-state index is 0.113. The first-order valence-corrected chi connectivity index (χ1v) is 7.47. The number of carbonyl (C=O) groups is 2. The number of fused-ring (bicyclic) bond motifs is 1. The molecule has 2 aromatic rings. The second-order valence-electron chi connectivity index (χ2n) is 5.62. The van der Waals surface area contributed by atoms with Gasteiger partial charge in [0.25, 0.3) is 5.91 Å². The summed E-state index contributed by atoms with van der Waals surface area (Å²) in [6.07, 6.45) is 0.516. The van der Waals surface area contributed by atoms with E-state index in [1.165, 1.54) is 6.07 Å². The number of benzene rings is 2. The van der Waals surface area contributed by atoms with Crippen LogP contribution < -0.4 is 4.90 Å². The van der Waals surface area contributed by atoms with Crippen LogP contribution in [0.15, 0.2) is 42.5 Å². The van der Waals surface area contributed by atoms with Gasteiger partial charge in [0.05, 0.1) is 12.5 Å². The molecule has 1 heterocycles. The molecule has 118 valence electrons. The van der Waals surface area contributed by atoms with Crippen molar-refractivity contribution < 1.29 is 19.8 Å². The van der Waals surface area contributed by atoms with Crippen LogP contribution >= 0.6 is 0 Å². The van der Waals surface area contributed by atoms with E-state index in [4.69, 9.17) is 0 Å². The Bertz CT molecular complexity index is 767. The van der Waals surface area contributed by atoms with Crippen LogP contribution in [0.5, 0.6) is 5.75 Å². The summed E-state index contributed by atoms with van der Waals surface area (Å²) in [7, 11) is 0. The average Bonchev–Trinajstić information content (AvgIpc) is 2.84. The first-order chi connectivity index (χ1) is 11.0. The summed E-state index contributed by atoms with van der Waals surface area (Å²) in [6.45, 7) is 2.23. The molecule has 0 radical (unpaired) electrons. The van der Waals surface area contributed by atoms with Crippen molar-refractivity contribution in [3.63, 3.8) is 0 Å². The van der Waals surface area contributed by atoms with E-state index in [1.807, 2.05) is 6.92 Å². The highest BCUT2D eigenvalue weighted by molar-refractivity contribution is 6.10. The van der Waals surface area contributed by atoms with Crippen LogP contribution in [0.25, 0.3) is 0 Å². The van der Waals surface area contributed by atoms with Crippen molar-refractivity contribution in [3.05, 3.63) is 59.2 Å². The van der Waals surface area contributed by atoms with Crippen LogP contribution in [0.1, 0.15) is 40.7 Å². The number of phenols is 1. The molecule has 5 heteroatoms. The number of rotatable bonds is 4. The highest BCUT2D eigenvalue weighted by Crippen LogP contribution is 2.31. The molecule has 1 amide bonds. The van der Waals surface area contributed by atoms with Crippen molar-refractivity contribution >= 4 is 17.6 Å². The fourth-order valence-electron chi connectivity index (χ4n) is 2.96. The minimum Gasteiger partial charge on any atom is -0.508 e. The SMILES string of the molecule is CC[C@@H](C(=O)O)c1ccc(N2Cc3cc(O)ccc3C2=O)cc1. The molecule has 0 aliphatic carbocycles. The molecule has 2 N–H and O–H groups in total. The molecule has 5 nitrogen and oxygen atoms in total. The van der Waals surface area contributed by atoms with Gasteiger partial charge < -0.3 is 15.1 Å². The summed E-state index contributed by atoms with van der Waals surface area (Å²) in [5.41, 5.74) is 2.82. The van der Waals surface area contributed by atoms with E-state index >= 15 is 0 Å². The highest BCUT2D eigenvalue weighted by atomic mass is 16.4. The summed E-state index contributed by atoms with van der Waals surface area (Å²) in [6, 6.07) is 11.8. The van der Waals surface area contributed by atoms with E-state index in [0.29, 0.717) is 18.5 Å². The fourth-order valence-corrected chi connectivity index (χ4v) is 2.96. The zero-order chi connectivity index (χ0) is 16.6. The number of aliphatic carboxylic acids is 1. The molecular weight excluding hydrogens is 294 g/mol. The Balaban J connectivity index is 1.87. The minimum atomic E-state index is -0.847. The Hall–Kier alpha value is -2.82. The normalized spacial score (nSPS) is 14.7. The average molecular weight is 311 g/mol. The highest BCUT2D eigenvalue weighted by Gasteiger charge is 2.29. The van der Waals surface area contributed by atoms with Crippen LogP contribution in [-0.4, -0.2) is 22.1 Å². The van der Waals surface area contributed by atoms with Crippen molar-refractivity contribution in [2.45, 2.75) is 25.8 Å². The predicted octanol–water partition coefficient (Wildman–Crippen LogP) is 3.13. The third-order valence-corrected chi connectivity index (χ3v) is 4.21. The van der Waals surface area contributed by atoms with E-state index in [2.05, 4.69) is 0 Å². The number of carbonyl (C=O) groups excluding carboxylic acids is 1. The summed E-state index contributed by atoms with van der Waals surface area (Å²) >= 11 is 0. The van der Waals surface area contributed by atoms with Gasteiger partial charge in [-0.15, -0.1) is 0 Å². The predicted molar refractivity (Wildman–Crippen MR) is 85.7 cm³/mol. The van der Waals surface area contributed by atoms with Crippen LogP contribution in [-0.2, 0) is 11.3 Å². The number of amides is 1. The Morgan fingerprint density at radius 2 is 1.91 bits per heavy atom. The topological polar surface area (TPSA) is 77.8 Å². The number of hydrogen-bond acceptors (Lipinski definition) is 3. The molecule has 0 saturated heterocycles. The zero-order valence-corrected chi connectivity index (χ0v) is 12.7. The third kappa shape index (κ3) is 2.65. The molecule has 2 aromatic carbocycles. The lowest BCUT2D eigenvalue weighted by atomic mass is 9.96. The van der Waals surface area contributed by atoms with Crippen molar-refractivity contribution in [2.24, 2.45) is 0 Å². The number of nitrogens with zero attached hydrogens (tertiary/aromatic N) is 1. The van der Waals surface area contributed by atoms with Gasteiger partial charge in [0.15, 0.2) is 0 Å². The van der Waals surface area contributed by atoms with Gasteiger partial charge in [-0.1, -0.05) is 19.1 Å². The number of anilines is 1. The largest absolute Gasteiger partial charge is 0.508 e. The van der Waals surface area contributed by atoms with Crippen molar-refractivity contribution in [1.29, 1.82) is 0 Å². The quantitative estimate of drug-likeness (QED) is 0.909. The van der Waals surface area contributed by atoms with Gasteiger partial charge in [-0.3, -0.25) is 9.59 Å². The standard InChI is InChI=1S/C18H17NO4/c1-2-15(18(22)23)11-3-5-13(6-4-11)19-10-12-9-14(20)7-8-16(12)17(19)21/h3-9,15,20H,2,10H2,1H3,(H,22,23)/t15-/m1/s1. The number of aromatic hydroxyl groups is 1. The molecule has 0 bridgehead atoms. The van der Waals surface area contributed by atoms with Crippen molar-refractivity contribution in [2.75, 3.05) is 4.90 Å². The Morgan fingerprint density at radius 3 is 2.52 bits per heavy atom. The van der Waals surface area contributed by atoms with Gasteiger partial charge in [0.1, 0.15) is 5.75 Å². The molecule has 23 heavy (non-hydrogen) atoms. The second-order valence-corrected chi connectivity index (χ2v) is 5.62. The molecule has 0 fully saturated rings. The summed E-state index contributed by atoms with van der Waals surface area (Å²) < 4.78 is 0. The van der Waals surface area contributed by atoms with Crippen LogP contribution in [0, 0.1) is 0 Å². The molecule has 0 unspecified atom stereocenters. The zero-order valence-electron chi connectivity index (χ0n) is 12.7. The van der Waals surface area contributed by atoms with E-state index < -0.39 is 11.9 Å². The van der Waals surface area contributed by atoms with Gasteiger partial charge in [-0.2, -0.15) is 0 Å². The third-order valence-electron chi connectivity index (χ3n) is 4.21. The van der Waals surface area contributed by atoms with Gasteiger partial charge in [0.2, 0.25) is 0 Å². The van der Waals surface area contributed by atoms with Crippen LogP contribution in [0.4, 0.5) is 5.69 Å². The summed E-state index contributed by atoms with van der Waals surface area (Å²) in [5.74, 6) is -1.35. The fraction of sp³-hybridized carbons (Fsp3) is 0.222. The molecule has 1 aliphatic heterocycles. The Kier molecular flexibility index (Phi) is 3.78. The van der Waals surface area contributed by atoms with Gasteiger partial charge in [-0.25, -0.2) is 0 Å². The van der Waals surface area contributed by atoms with Gasteiger partial charge in [-0.05, 0) is 47.9 Å². The molecular formula is C18H17NO4. The lowest BCUT2D eigenvalue weighted by molar-refractivity contribution is -0.138. The smallest absolute Gasteiger partial charge is 0.310 e. The van der Waals surface area contributed by atoms with E-state index in [1.54, 1.807) is 41.3 Å². The molecule has 0 spiro atoms.